The van der Waals surface area contributed by atoms with E-state index in [4.69, 9.17) is 0 Å². The number of aliphatic hydroxyl groups is 1. The number of carbonyl (C=O) groups is 1. The van der Waals surface area contributed by atoms with Gasteiger partial charge in [-0.25, -0.2) is 0 Å². The average Bonchev–Trinajstić information content (AvgIpc) is 2.37. The number of carbonyl (C=O) groups excluding carboxylic acids is 1. The first-order chi connectivity index (χ1) is 8.57. The summed E-state index contributed by atoms with van der Waals surface area (Å²) in [5, 5.41) is 9.83. The molecule has 0 aromatic carbocycles. The Morgan fingerprint density at radius 3 is 2.67 bits per heavy atom. The maximum absolute atomic E-state index is 12.0. The number of pyridine rings is 1. The van der Waals surface area contributed by atoms with Crippen molar-refractivity contribution in [1.29, 1.82) is 0 Å². The van der Waals surface area contributed by atoms with Crippen molar-refractivity contribution in [2.45, 2.75) is 30.3 Å². The topological polar surface area (TPSA) is 53.4 Å². The van der Waals surface area contributed by atoms with Crippen LogP contribution < -0.4 is 0 Å². The molecule has 1 saturated heterocycles. The summed E-state index contributed by atoms with van der Waals surface area (Å²) in [5.74, 6) is 0.596. The second kappa shape index (κ2) is 5.71. The third kappa shape index (κ3) is 3.71. The summed E-state index contributed by atoms with van der Waals surface area (Å²) < 4.78 is 0. The lowest BCUT2D eigenvalue weighted by atomic mass is 9.94. The van der Waals surface area contributed by atoms with E-state index in [1.807, 2.05) is 24.0 Å². The van der Waals surface area contributed by atoms with Crippen LogP contribution in [0.1, 0.15) is 19.8 Å². The zero-order chi connectivity index (χ0) is 13.0. The van der Waals surface area contributed by atoms with E-state index in [1.165, 1.54) is 11.8 Å². The first kappa shape index (κ1) is 13.4. The van der Waals surface area contributed by atoms with Gasteiger partial charge in [0.15, 0.2) is 0 Å². The number of hydrogen-bond acceptors (Lipinski definition) is 4. The Balaban J connectivity index is 1.79. The highest BCUT2D eigenvalue weighted by molar-refractivity contribution is 8.00. The van der Waals surface area contributed by atoms with E-state index >= 15 is 0 Å². The predicted octanol–water partition coefficient (Wildman–Crippen LogP) is 1.55. The van der Waals surface area contributed by atoms with Crippen LogP contribution in [-0.2, 0) is 4.79 Å². The van der Waals surface area contributed by atoms with E-state index in [2.05, 4.69) is 4.98 Å². The number of rotatable bonds is 3. The van der Waals surface area contributed by atoms with Gasteiger partial charge < -0.3 is 10.0 Å². The first-order valence-corrected chi connectivity index (χ1v) is 7.08. The highest BCUT2D eigenvalue weighted by Gasteiger charge is 2.29. The van der Waals surface area contributed by atoms with Crippen molar-refractivity contribution in [2.24, 2.45) is 0 Å². The van der Waals surface area contributed by atoms with Crippen LogP contribution in [-0.4, -0.2) is 45.3 Å². The Morgan fingerprint density at radius 2 is 2.06 bits per heavy atom. The third-order valence-corrected chi connectivity index (χ3v) is 4.20. The molecular formula is C13H18N2O2S. The molecule has 18 heavy (non-hydrogen) atoms. The van der Waals surface area contributed by atoms with Gasteiger partial charge in [-0.2, -0.15) is 0 Å². The van der Waals surface area contributed by atoms with Crippen molar-refractivity contribution in [3.63, 3.8) is 0 Å². The van der Waals surface area contributed by atoms with Gasteiger partial charge in [0.05, 0.1) is 11.4 Å². The van der Waals surface area contributed by atoms with Gasteiger partial charge in [-0.15, -0.1) is 11.8 Å². The molecule has 5 heteroatoms. The molecule has 1 N–H and O–H groups in total. The number of nitrogens with zero attached hydrogens (tertiary/aromatic N) is 2. The number of thioether (sulfide) groups is 1. The van der Waals surface area contributed by atoms with Gasteiger partial charge >= 0.3 is 0 Å². The van der Waals surface area contributed by atoms with E-state index < -0.39 is 5.60 Å². The molecule has 2 rings (SSSR count). The quantitative estimate of drug-likeness (QED) is 0.843. The first-order valence-electron chi connectivity index (χ1n) is 6.10. The van der Waals surface area contributed by atoms with Crippen molar-refractivity contribution in [2.75, 3.05) is 18.8 Å². The molecule has 1 fully saturated rings. The molecule has 4 nitrogen and oxygen atoms in total. The maximum atomic E-state index is 12.0. The van der Waals surface area contributed by atoms with Crippen LogP contribution in [0.15, 0.2) is 29.4 Å². The Kier molecular flexibility index (Phi) is 4.24. The van der Waals surface area contributed by atoms with Crippen molar-refractivity contribution in [3.05, 3.63) is 24.5 Å². The molecule has 0 spiro atoms. The lowest BCUT2D eigenvalue weighted by Gasteiger charge is -2.35. The fourth-order valence-corrected chi connectivity index (χ4v) is 2.70. The molecule has 1 aliphatic heterocycles. The van der Waals surface area contributed by atoms with Gasteiger partial charge in [0.25, 0.3) is 0 Å². The zero-order valence-corrected chi connectivity index (χ0v) is 11.3. The molecule has 1 aliphatic rings. The van der Waals surface area contributed by atoms with Gasteiger partial charge in [-0.05, 0) is 31.9 Å². The SMILES string of the molecule is CC1(O)CCN(C(=O)CSc2ccncc2)CC1. The molecule has 98 valence electrons. The van der Waals surface area contributed by atoms with E-state index in [-0.39, 0.29) is 5.91 Å². The third-order valence-electron chi connectivity index (χ3n) is 3.21. The summed E-state index contributed by atoms with van der Waals surface area (Å²) >= 11 is 1.53. The van der Waals surface area contributed by atoms with Crippen LogP contribution in [0, 0.1) is 0 Å². The summed E-state index contributed by atoms with van der Waals surface area (Å²) in [7, 11) is 0. The fourth-order valence-electron chi connectivity index (χ4n) is 1.91. The maximum Gasteiger partial charge on any atom is 0.232 e. The monoisotopic (exact) mass is 266 g/mol. The predicted molar refractivity (Wildman–Crippen MR) is 71.4 cm³/mol. The molecule has 0 bridgehead atoms. The van der Waals surface area contributed by atoms with E-state index in [0.29, 0.717) is 31.7 Å². The van der Waals surface area contributed by atoms with Crippen LogP contribution in [0.5, 0.6) is 0 Å². The highest BCUT2D eigenvalue weighted by Crippen LogP contribution is 2.23. The molecule has 2 heterocycles. The number of amides is 1. The summed E-state index contributed by atoms with van der Waals surface area (Å²) in [6.45, 7) is 3.14. The largest absolute Gasteiger partial charge is 0.390 e. The summed E-state index contributed by atoms with van der Waals surface area (Å²) in [5.41, 5.74) is -0.602. The van der Waals surface area contributed by atoms with Crippen molar-refractivity contribution >= 4 is 17.7 Å². The normalized spacial score (nSPS) is 18.7. The molecule has 1 aromatic heterocycles. The molecule has 0 unspecified atom stereocenters. The van der Waals surface area contributed by atoms with Gasteiger partial charge in [0, 0.05) is 30.4 Å². The van der Waals surface area contributed by atoms with Crippen molar-refractivity contribution in [1.82, 2.24) is 9.88 Å². The van der Waals surface area contributed by atoms with Gasteiger partial charge in [-0.3, -0.25) is 9.78 Å². The van der Waals surface area contributed by atoms with Crippen LogP contribution in [0.2, 0.25) is 0 Å². The minimum absolute atomic E-state index is 0.146. The molecule has 1 amide bonds. The number of hydrogen-bond donors (Lipinski definition) is 1. The van der Waals surface area contributed by atoms with Crippen LogP contribution in [0.3, 0.4) is 0 Å². The molecule has 0 aliphatic carbocycles. The lowest BCUT2D eigenvalue weighted by Crippen LogP contribution is -2.45. The highest BCUT2D eigenvalue weighted by atomic mass is 32.2. The van der Waals surface area contributed by atoms with E-state index in [1.54, 1.807) is 12.4 Å². The van der Waals surface area contributed by atoms with E-state index in [0.717, 1.165) is 4.90 Å². The van der Waals surface area contributed by atoms with Crippen LogP contribution >= 0.6 is 11.8 Å². The van der Waals surface area contributed by atoms with Gasteiger partial charge in [-0.1, -0.05) is 0 Å². The second-order valence-corrected chi connectivity index (χ2v) is 5.90. The molecular weight excluding hydrogens is 248 g/mol. The van der Waals surface area contributed by atoms with Crippen LogP contribution in [0.25, 0.3) is 0 Å². The minimum Gasteiger partial charge on any atom is -0.390 e. The smallest absolute Gasteiger partial charge is 0.232 e. The number of likely N-dealkylation sites (tertiary alicyclic amines) is 1. The van der Waals surface area contributed by atoms with Crippen LogP contribution in [0.4, 0.5) is 0 Å². The second-order valence-electron chi connectivity index (χ2n) is 4.85. The standard InChI is InChI=1S/C13H18N2O2S/c1-13(17)4-8-15(9-5-13)12(16)10-18-11-2-6-14-7-3-11/h2-3,6-7,17H,4-5,8-10H2,1H3. The molecule has 0 radical (unpaired) electrons. The Hall–Kier alpha value is -1.07. The van der Waals surface area contributed by atoms with Gasteiger partial charge in [0.2, 0.25) is 5.91 Å². The summed E-state index contributed by atoms with van der Waals surface area (Å²) in [6, 6.07) is 3.80. The zero-order valence-electron chi connectivity index (χ0n) is 10.5. The number of piperidine rings is 1. The summed E-state index contributed by atoms with van der Waals surface area (Å²) in [6.07, 6.45) is 4.78. The van der Waals surface area contributed by atoms with Gasteiger partial charge in [0.1, 0.15) is 0 Å². The fraction of sp³-hybridized carbons (Fsp3) is 0.538. The Morgan fingerprint density at radius 1 is 1.44 bits per heavy atom. The molecule has 0 saturated carbocycles. The molecule has 1 aromatic rings. The minimum atomic E-state index is -0.602. The van der Waals surface area contributed by atoms with E-state index in [9.17, 15) is 9.90 Å². The van der Waals surface area contributed by atoms with Crippen molar-refractivity contribution in [3.8, 4) is 0 Å². The lowest BCUT2D eigenvalue weighted by molar-refractivity contribution is -0.132. The van der Waals surface area contributed by atoms with Crippen molar-refractivity contribution < 1.29 is 9.90 Å². The summed E-state index contributed by atoms with van der Waals surface area (Å²) in [4.78, 5) is 18.8. The average molecular weight is 266 g/mol. The number of aromatic nitrogens is 1. The molecule has 0 atom stereocenters. The Bertz CT molecular complexity index is 399. The Labute approximate surface area is 111 Å².